The van der Waals surface area contributed by atoms with Gasteiger partial charge in [0.1, 0.15) is 17.8 Å². The van der Waals surface area contributed by atoms with Crippen molar-refractivity contribution in [3.05, 3.63) is 54.5 Å². The Morgan fingerprint density at radius 1 is 1.12 bits per heavy atom. The maximum Gasteiger partial charge on any atom is 0.285 e. The normalized spacial score (nSPS) is 16.8. The van der Waals surface area contributed by atoms with Crippen LogP contribution in [0.2, 0.25) is 0 Å². The van der Waals surface area contributed by atoms with Crippen LogP contribution in [0.4, 0.5) is 14.6 Å². The molecular formula is C19H21F2N5. The number of hydrogen-bond acceptors (Lipinski definition) is 4. The Labute approximate surface area is 150 Å². The number of alkyl halides is 2. The quantitative estimate of drug-likeness (QED) is 0.732. The zero-order valence-corrected chi connectivity index (χ0v) is 14.3. The highest BCUT2D eigenvalue weighted by Gasteiger charge is 2.35. The molecule has 0 saturated carbocycles. The Bertz CT molecular complexity index is 857. The molecule has 0 aliphatic carbocycles. The van der Waals surface area contributed by atoms with Crippen molar-refractivity contribution in [2.45, 2.75) is 24.8 Å². The van der Waals surface area contributed by atoms with Crippen LogP contribution in [0.15, 0.2) is 48.9 Å². The minimum Gasteiger partial charge on any atom is -0.367 e. The van der Waals surface area contributed by atoms with Gasteiger partial charge in [-0.25, -0.2) is 9.97 Å². The van der Waals surface area contributed by atoms with Gasteiger partial charge >= 0.3 is 0 Å². The van der Waals surface area contributed by atoms with Gasteiger partial charge in [-0.2, -0.15) is 8.78 Å². The first-order valence-corrected chi connectivity index (χ1v) is 8.82. The molecule has 1 aliphatic heterocycles. The minimum absolute atomic E-state index is 0.0797. The number of H-pyrrole nitrogens is 1. The highest BCUT2D eigenvalue weighted by molar-refractivity contribution is 5.86. The number of hydrogen-bond donors (Lipinski definition) is 2. The molecule has 26 heavy (non-hydrogen) atoms. The molecule has 3 aromatic rings. The smallest absolute Gasteiger partial charge is 0.285 e. The number of piperidine rings is 1. The molecule has 3 heterocycles. The van der Waals surface area contributed by atoms with E-state index in [1.165, 1.54) is 18.5 Å². The Hall–Kier alpha value is -2.54. The third-order valence-corrected chi connectivity index (χ3v) is 4.90. The molecule has 7 heteroatoms. The van der Waals surface area contributed by atoms with Crippen LogP contribution < -0.4 is 5.32 Å². The van der Waals surface area contributed by atoms with Crippen molar-refractivity contribution in [3.63, 3.8) is 0 Å². The SMILES string of the molecule is FC(F)(CN1CCC(Nc2ncnc3[nH]ccc23)CC1)c1ccccc1. The average molecular weight is 357 g/mol. The number of aromatic nitrogens is 3. The van der Waals surface area contributed by atoms with Crippen LogP contribution in [-0.2, 0) is 5.92 Å². The second-order valence-electron chi connectivity index (χ2n) is 6.73. The van der Waals surface area contributed by atoms with Crippen molar-refractivity contribution in [2.24, 2.45) is 0 Å². The van der Waals surface area contributed by atoms with E-state index in [0.717, 1.165) is 29.7 Å². The number of aromatic amines is 1. The number of nitrogens with zero attached hydrogens (tertiary/aromatic N) is 3. The molecular weight excluding hydrogens is 336 g/mol. The van der Waals surface area contributed by atoms with E-state index in [9.17, 15) is 8.78 Å². The van der Waals surface area contributed by atoms with Crippen molar-refractivity contribution in [1.29, 1.82) is 0 Å². The van der Waals surface area contributed by atoms with Crippen LogP contribution in [0.3, 0.4) is 0 Å². The molecule has 1 saturated heterocycles. The third kappa shape index (κ3) is 3.53. The van der Waals surface area contributed by atoms with Gasteiger partial charge < -0.3 is 10.3 Å². The molecule has 1 fully saturated rings. The lowest BCUT2D eigenvalue weighted by atomic mass is 10.0. The van der Waals surface area contributed by atoms with Crippen LogP contribution in [0.5, 0.6) is 0 Å². The summed E-state index contributed by atoms with van der Waals surface area (Å²) in [5.41, 5.74) is 0.874. The zero-order chi connectivity index (χ0) is 18.0. The van der Waals surface area contributed by atoms with Crippen LogP contribution in [-0.4, -0.2) is 45.5 Å². The highest BCUT2D eigenvalue weighted by atomic mass is 19.3. The second-order valence-corrected chi connectivity index (χ2v) is 6.73. The molecule has 2 N–H and O–H groups in total. The third-order valence-electron chi connectivity index (χ3n) is 4.90. The molecule has 136 valence electrons. The van der Waals surface area contributed by atoms with E-state index in [0.29, 0.717) is 13.1 Å². The van der Waals surface area contributed by atoms with Crippen LogP contribution in [0.25, 0.3) is 11.0 Å². The number of halogens is 2. The summed E-state index contributed by atoms with van der Waals surface area (Å²) >= 11 is 0. The zero-order valence-electron chi connectivity index (χ0n) is 14.3. The Morgan fingerprint density at radius 3 is 2.65 bits per heavy atom. The number of likely N-dealkylation sites (tertiary alicyclic amines) is 1. The van der Waals surface area contributed by atoms with Gasteiger partial charge in [-0.3, -0.25) is 4.90 Å². The predicted molar refractivity (Wildman–Crippen MR) is 97.3 cm³/mol. The van der Waals surface area contributed by atoms with Gasteiger partial charge in [0.05, 0.1) is 11.9 Å². The molecule has 0 atom stereocenters. The van der Waals surface area contributed by atoms with Crippen molar-refractivity contribution in [3.8, 4) is 0 Å². The molecule has 0 spiro atoms. The molecule has 4 rings (SSSR count). The van der Waals surface area contributed by atoms with E-state index in [1.54, 1.807) is 18.2 Å². The Balaban J connectivity index is 1.35. The van der Waals surface area contributed by atoms with Gasteiger partial charge in [-0.05, 0) is 18.9 Å². The second kappa shape index (κ2) is 6.99. The van der Waals surface area contributed by atoms with Gasteiger partial charge in [0.2, 0.25) is 0 Å². The molecule has 2 aromatic heterocycles. The first-order chi connectivity index (χ1) is 12.6. The fourth-order valence-corrected chi connectivity index (χ4v) is 3.47. The number of fused-ring (bicyclic) bond motifs is 1. The standard InChI is InChI=1S/C19H21F2N5/c20-19(21,14-4-2-1-3-5-14)12-26-10-7-15(8-11-26)25-18-16-6-9-22-17(16)23-13-24-18/h1-6,9,13,15H,7-8,10-12H2,(H2,22,23,24,25). The maximum atomic E-state index is 14.4. The molecule has 5 nitrogen and oxygen atoms in total. The van der Waals surface area contributed by atoms with Crippen molar-refractivity contribution in [1.82, 2.24) is 19.9 Å². The van der Waals surface area contributed by atoms with E-state index < -0.39 is 5.92 Å². The molecule has 1 aromatic carbocycles. The van der Waals surface area contributed by atoms with Crippen molar-refractivity contribution in [2.75, 3.05) is 25.0 Å². The molecule has 0 amide bonds. The van der Waals surface area contributed by atoms with Gasteiger partial charge in [0, 0.05) is 30.9 Å². The van der Waals surface area contributed by atoms with Gasteiger partial charge in [0.15, 0.2) is 0 Å². The first-order valence-electron chi connectivity index (χ1n) is 8.82. The lowest BCUT2D eigenvalue weighted by Crippen LogP contribution is -2.43. The molecule has 0 bridgehead atoms. The van der Waals surface area contributed by atoms with E-state index in [-0.39, 0.29) is 18.2 Å². The van der Waals surface area contributed by atoms with Crippen LogP contribution in [0, 0.1) is 0 Å². The fourth-order valence-electron chi connectivity index (χ4n) is 3.47. The molecule has 1 aliphatic rings. The summed E-state index contributed by atoms with van der Waals surface area (Å²) < 4.78 is 28.9. The number of rotatable bonds is 5. The van der Waals surface area contributed by atoms with E-state index >= 15 is 0 Å². The van der Waals surface area contributed by atoms with Gasteiger partial charge in [0.25, 0.3) is 5.92 Å². The van der Waals surface area contributed by atoms with Gasteiger partial charge in [-0.1, -0.05) is 30.3 Å². The summed E-state index contributed by atoms with van der Waals surface area (Å²) in [6.07, 6.45) is 4.97. The lowest BCUT2D eigenvalue weighted by molar-refractivity contribution is -0.0421. The largest absolute Gasteiger partial charge is 0.367 e. The summed E-state index contributed by atoms with van der Waals surface area (Å²) in [7, 11) is 0. The Morgan fingerprint density at radius 2 is 1.88 bits per heavy atom. The number of nitrogens with one attached hydrogen (secondary N) is 2. The van der Waals surface area contributed by atoms with Crippen molar-refractivity contribution >= 4 is 16.9 Å². The number of anilines is 1. The van der Waals surface area contributed by atoms with Crippen LogP contribution >= 0.6 is 0 Å². The van der Waals surface area contributed by atoms with E-state index in [1.807, 2.05) is 17.2 Å². The van der Waals surface area contributed by atoms with Crippen LogP contribution in [0.1, 0.15) is 18.4 Å². The molecule has 0 unspecified atom stereocenters. The summed E-state index contributed by atoms with van der Waals surface area (Å²) in [5, 5.41) is 4.39. The minimum atomic E-state index is -2.83. The lowest BCUT2D eigenvalue weighted by Gasteiger charge is -2.34. The monoisotopic (exact) mass is 357 g/mol. The van der Waals surface area contributed by atoms with E-state index in [4.69, 9.17) is 0 Å². The summed E-state index contributed by atoms with van der Waals surface area (Å²) in [4.78, 5) is 13.4. The van der Waals surface area contributed by atoms with Crippen molar-refractivity contribution < 1.29 is 8.78 Å². The topological polar surface area (TPSA) is 56.8 Å². The average Bonchev–Trinajstić information content (AvgIpc) is 3.14. The summed E-state index contributed by atoms with van der Waals surface area (Å²) in [5.74, 6) is -2.03. The van der Waals surface area contributed by atoms with E-state index in [2.05, 4.69) is 20.3 Å². The highest BCUT2D eigenvalue weighted by Crippen LogP contribution is 2.30. The maximum absolute atomic E-state index is 14.4. The summed E-state index contributed by atoms with van der Waals surface area (Å²) in [6.45, 7) is 1.04. The molecule has 0 radical (unpaired) electrons. The Kier molecular flexibility index (Phi) is 4.55. The predicted octanol–water partition coefficient (Wildman–Crippen LogP) is 3.63. The first kappa shape index (κ1) is 16.9. The number of benzene rings is 1. The van der Waals surface area contributed by atoms with Gasteiger partial charge in [-0.15, -0.1) is 0 Å². The summed E-state index contributed by atoms with van der Waals surface area (Å²) in [6, 6.07) is 10.2. The fraction of sp³-hybridized carbons (Fsp3) is 0.368.